The first-order valence-electron chi connectivity index (χ1n) is 11.4. The Bertz CT molecular complexity index is 924. The molecule has 1 N–H and O–H groups in total. The van der Waals surface area contributed by atoms with Crippen molar-refractivity contribution in [3.8, 4) is 0 Å². The SMILES string of the molecule is Cc1ccc(CCC(=O)N(Cc2ccc(Cl)cc2Cl)[C@@H](C)C(=O)NC2CCCCC2)cc1. The largest absolute Gasteiger partial charge is 0.352 e. The Morgan fingerprint density at radius 1 is 1.06 bits per heavy atom. The standard InChI is InChI=1S/C26H32Cl2N2O2/c1-18-8-10-20(11-9-18)12-15-25(31)30(17-21-13-14-22(27)16-24(21)28)19(2)26(32)29-23-6-4-3-5-7-23/h8-11,13-14,16,19,23H,3-7,12,15,17H2,1-2H3,(H,29,32)/t19-/m0/s1. The van der Waals surface area contributed by atoms with Crippen LogP contribution in [-0.4, -0.2) is 28.8 Å². The molecule has 1 aliphatic carbocycles. The number of carbonyl (C=O) groups excluding carboxylic acids is 2. The Labute approximate surface area is 201 Å². The molecule has 0 aromatic heterocycles. The van der Waals surface area contributed by atoms with Gasteiger partial charge in [0.15, 0.2) is 0 Å². The number of carbonyl (C=O) groups is 2. The van der Waals surface area contributed by atoms with E-state index in [0.29, 0.717) is 22.9 Å². The lowest BCUT2D eigenvalue weighted by molar-refractivity contribution is -0.141. The van der Waals surface area contributed by atoms with Gasteiger partial charge < -0.3 is 10.2 Å². The number of nitrogens with zero attached hydrogens (tertiary/aromatic N) is 1. The number of halogens is 2. The van der Waals surface area contributed by atoms with Crippen LogP contribution in [0.15, 0.2) is 42.5 Å². The van der Waals surface area contributed by atoms with Crippen LogP contribution in [0.3, 0.4) is 0 Å². The Balaban J connectivity index is 1.73. The van der Waals surface area contributed by atoms with Crippen molar-refractivity contribution >= 4 is 35.0 Å². The Kier molecular flexibility index (Phi) is 9.01. The molecule has 3 rings (SSSR count). The number of aryl methyl sites for hydroxylation is 2. The molecule has 172 valence electrons. The van der Waals surface area contributed by atoms with Crippen LogP contribution in [0, 0.1) is 6.92 Å². The minimum atomic E-state index is -0.589. The molecule has 4 nitrogen and oxygen atoms in total. The summed E-state index contributed by atoms with van der Waals surface area (Å²) < 4.78 is 0. The molecule has 1 fully saturated rings. The number of hydrogen-bond donors (Lipinski definition) is 1. The van der Waals surface area contributed by atoms with Crippen LogP contribution in [0.2, 0.25) is 10.0 Å². The van der Waals surface area contributed by atoms with Gasteiger partial charge in [-0.1, -0.05) is 78.4 Å². The van der Waals surface area contributed by atoms with Gasteiger partial charge in [-0.15, -0.1) is 0 Å². The van der Waals surface area contributed by atoms with Crippen molar-refractivity contribution in [1.82, 2.24) is 10.2 Å². The van der Waals surface area contributed by atoms with Gasteiger partial charge in [-0.25, -0.2) is 0 Å². The number of benzene rings is 2. The van der Waals surface area contributed by atoms with E-state index in [-0.39, 0.29) is 24.4 Å². The topological polar surface area (TPSA) is 49.4 Å². The molecule has 1 saturated carbocycles. The summed E-state index contributed by atoms with van der Waals surface area (Å²) in [6, 6.07) is 13.0. The van der Waals surface area contributed by atoms with Crippen LogP contribution < -0.4 is 5.32 Å². The third kappa shape index (κ3) is 6.98. The maximum atomic E-state index is 13.3. The van der Waals surface area contributed by atoms with Crippen molar-refractivity contribution in [2.75, 3.05) is 0 Å². The number of nitrogens with one attached hydrogen (secondary N) is 1. The molecule has 2 aromatic carbocycles. The van der Waals surface area contributed by atoms with Gasteiger partial charge in [0, 0.05) is 29.1 Å². The van der Waals surface area contributed by atoms with Crippen LogP contribution in [0.1, 0.15) is 62.1 Å². The van der Waals surface area contributed by atoms with E-state index in [2.05, 4.69) is 5.32 Å². The highest BCUT2D eigenvalue weighted by Crippen LogP contribution is 2.24. The minimum absolute atomic E-state index is 0.0668. The van der Waals surface area contributed by atoms with Gasteiger partial charge in [0.25, 0.3) is 0 Å². The maximum Gasteiger partial charge on any atom is 0.242 e. The molecular weight excluding hydrogens is 443 g/mol. The summed E-state index contributed by atoms with van der Waals surface area (Å²) in [6.45, 7) is 4.10. The summed E-state index contributed by atoms with van der Waals surface area (Å²) in [7, 11) is 0. The molecular formula is C26H32Cl2N2O2. The molecule has 0 bridgehead atoms. The summed E-state index contributed by atoms with van der Waals surface area (Å²) in [6.07, 6.45) is 6.46. The normalized spacial score (nSPS) is 15.2. The lowest BCUT2D eigenvalue weighted by Crippen LogP contribution is -2.50. The van der Waals surface area contributed by atoms with Gasteiger partial charge >= 0.3 is 0 Å². The summed E-state index contributed by atoms with van der Waals surface area (Å²) >= 11 is 12.4. The lowest BCUT2D eigenvalue weighted by Gasteiger charge is -2.31. The smallest absolute Gasteiger partial charge is 0.242 e. The fourth-order valence-electron chi connectivity index (χ4n) is 4.13. The highest BCUT2D eigenvalue weighted by atomic mass is 35.5. The van der Waals surface area contributed by atoms with Crippen molar-refractivity contribution in [3.63, 3.8) is 0 Å². The van der Waals surface area contributed by atoms with Crippen LogP contribution in [0.25, 0.3) is 0 Å². The summed E-state index contributed by atoms with van der Waals surface area (Å²) in [5, 5.41) is 4.19. The van der Waals surface area contributed by atoms with Crippen LogP contribution in [0.5, 0.6) is 0 Å². The molecule has 1 aliphatic rings. The molecule has 0 spiro atoms. The first-order chi connectivity index (χ1) is 15.3. The average molecular weight is 475 g/mol. The maximum absolute atomic E-state index is 13.3. The van der Waals surface area contributed by atoms with Crippen molar-refractivity contribution in [3.05, 3.63) is 69.2 Å². The van der Waals surface area contributed by atoms with Crippen molar-refractivity contribution in [2.45, 2.75) is 77.4 Å². The molecule has 2 aromatic rings. The second-order valence-electron chi connectivity index (χ2n) is 8.76. The summed E-state index contributed by atoms with van der Waals surface area (Å²) in [5.74, 6) is -0.173. The van der Waals surface area contributed by atoms with E-state index < -0.39 is 6.04 Å². The van der Waals surface area contributed by atoms with Crippen molar-refractivity contribution in [2.24, 2.45) is 0 Å². The molecule has 0 saturated heterocycles. The second kappa shape index (κ2) is 11.7. The molecule has 0 unspecified atom stereocenters. The third-order valence-electron chi connectivity index (χ3n) is 6.22. The van der Waals surface area contributed by atoms with E-state index in [9.17, 15) is 9.59 Å². The van der Waals surface area contributed by atoms with E-state index in [4.69, 9.17) is 23.2 Å². The van der Waals surface area contributed by atoms with Crippen molar-refractivity contribution < 1.29 is 9.59 Å². The highest BCUT2D eigenvalue weighted by molar-refractivity contribution is 6.35. The van der Waals surface area contributed by atoms with Gasteiger partial charge in [0.1, 0.15) is 6.04 Å². The fourth-order valence-corrected chi connectivity index (χ4v) is 4.60. The number of amides is 2. The number of hydrogen-bond acceptors (Lipinski definition) is 2. The average Bonchev–Trinajstić information content (AvgIpc) is 2.78. The van der Waals surface area contributed by atoms with Crippen LogP contribution in [-0.2, 0) is 22.6 Å². The van der Waals surface area contributed by atoms with Gasteiger partial charge in [-0.05, 0) is 56.4 Å². The zero-order chi connectivity index (χ0) is 23.1. The predicted octanol–water partition coefficient (Wildman–Crippen LogP) is 6.10. The molecule has 1 atom stereocenters. The van der Waals surface area contributed by atoms with E-state index in [0.717, 1.165) is 36.8 Å². The lowest BCUT2D eigenvalue weighted by atomic mass is 9.95. The Morgan fingerprint density at radius 3 is 2.41 bits per heavy atom. The van der Waals surface area contributed by atoms with E-state index in [1.54, 1.807) is 24.0 Å². The van der Waals surface area contributed by atoms with Gasteiger partial charge in [-0.3, -0.25) is 9.59 Å². The molecule has 0 heterocycles. The highest BCUT2D eigenvalue weighted by Gasteiger charge is 2.28. The van der Waals surface area contributed by atoms with Crippen molar-refractivity contribution in [1.29, 1.82) is 0 Å². The van der Waals surface area contributed by atoms with Crippen LogP contribution in [0.4, 0.5) is 0 Å². The molecule has 6 heteroatoms. The third-order valence-corrected chi connectivity index (χ3v) is 6.81. The zero-order valence-electron chi connectivity index (χ0n) is 18.9. The molecule has 2 amide bonds. The van der Waals surface area contributed by atoms with E-state index >= 15 is 0 Å². The summed E-state index contributed by atoms with van der Waals surface area (Å²) in [4.78, 5) is 28.0. The molecule has 0 aliphatic heterocycles. The van der Waals surface area contributed by atoms with E-state index in [1.165, 1.54) is 12.0 Å². The first kappa shape index (κ1) is 24.6. The summed E-state index contributed by atoms with van der Waals surface area (Å²) in [5.41, 5.74) is 3.07. The molecule has 32 heavy (non-hydrogen) atoms. The van der Waals surface area contributed by atoms with Crippen LogP contribution >= 0.6 is 23.2 Å². The Morgan fingerprint density at radius 2 is 1.75 bits per heavy atom. The predicted molar refractivity (Wildman–Crippen MR) is 131 cm³/mol. The van der Waals surface area contributed by atoms with E-state index in [1.807, 2.05) is 37.3 Å². The second-order valence-corrected chi connectivity index (χ2v) is 9.61. The fraction of sp³-hybridized carbons (Fsp3) is 0.462. The zero-order valence-corrected chi connectivity index (χ0v) is 20.4. The monoisotopic (exact) mass is 474 g/mol. The quantitative estimate of drug-likeness (QED) is 0.502. The minimum Gasteiger partial charge on any atom is -0.352 e. The Hall–Kier alpha value is -2.04. The molecule has 0 radical (unpaired) electrons. The number of rotatable bonds is 8. The van der Waals surface area contributed by atoms with Gasteiger partial charge in [0.2, 0.25) is 11.8 Å². The first-order valence-corrected chi connectivity index (χ1v) is 12.2. The van der Waals surface area contributed by atoms with Gasteiger partial charge in [0.05, 0.1) is 0 Å². The van der Waals surface area contributed by atoms with Gasteiger partial charge in [-0.2, -0.15) is 0 Å².